The Balaban J connectivity index is 1.54. The van der Waals surface area contributed by atoms with Crippen molar-refractivity contribution in [3.63, 3.8) is 0 Å². The Bertz CT molecular complexity index is 1510. The molecular formula is C27H23NO6S. The zero-order chi connectivity index (χ0) is 24.6. The van der Waals surface area contributed by atoms with Crippen LogP contribution in [0.4, 0.5) is 0 Å². The molecule has 0 aliphatic heterocycles. The summed E-state index contributed by atoms with van der Waals surface area (Å²) >= 11 is 0. The Morgan fingerprint density at radius 1 is 0.914 bits per heavy atom. The van der Waals surface area contributed by atoms with Crippen LogP contribution < -0.4 is 0 Å². The van der Waals surface area contributed by atoms with E-state index in [-0.39, 0.29) is 17.9 Å². The predicted molar refractivity (Wildman–Crippen MR) is 129 cm³/mol. The van der Waals surface area contributed by atoms with Crippen LogP contribution in [0.1, 0.15) is 23.5 Å². The molecule has 0 unspecified atom stereocenters. The number of carbonyl (C=O) groups excluding carboxylic acids is 2. The van der Waals surface area contributed by atoms with Gasteiger partial charge in [0.05, 0.1) is 17.5 Å². The van der Waals surface area contributed by atoms with E-state index in [2.05, 4.69) is 0 Å². The molecule has 0 bridgehead atoms. The van der Waals surface area contributed by atoms with Crippen molar-refractivity contribution in [2.45, 2.75) is 23.8 Å². The summed E-state index contributed by atoms with van der Waals surface area (Å²) in [6.07, 6.45) is 1.68. The second-order valence-electron chi connectivity index (χ2n) is 8.50. The standard InChI is InChI=1S/C27H23NO6S/c1-33-25(29)27(26(30)34-18-19-10-4-2-5-11-19)16-23(27)22-17-28(24-15-9-8-14-21(22)24)35(31,32)20-12-6-3-7-13-20/h2-15,17,23H,16,18H2,1H3/t23-,27-/m1/s1. The van der Waals surface area contributed by atoms with E-state index in [1.807, 2.05) is 30.3 Å². The van der Waals surface area contributed by atoms with Gasteiger partial charge in [-0.15, -0.1) is 0 Å². The Labute approximate surface area is 203 Å². The van der Waals surface area contributed by atoms with E-state index in [0.29, 0.717) is 16.5 Å². The van der Waals surface area contributed by atoms with Gasteiger partial charge in [-0.25, -0.2) is 12.4 Å². The Hall–Kier alpha value is -3.91. The Morgan fingerprint density at radius 2 is 1.54 bits per heavy atom. The minimum atomic E-state index is -3.90. The number of esters is 2. The van der Waals surface area contributed by atoms with Crippen molar-refractivity contribution in [2.75, 3.05) is 7.11 Å². The molecule has 0 saturated heterocycles. The number of benzene rings is 3. The highest BCUT2D eigenvalue weighted by Gasteiger charge is 2.69. The number of ether oxygens (including phenoxy) is 2. The van der Waals surface area contributed by atoms with Gasteiger partial charge in [0.15, 0.2) is 5.41 Å². The molecule has 0 N–H and O–H groups in total. The second-order valence-corrected chi connectivity index (χ2v) is 10.3. The van der Waals surface area contributed by atoms with Crippen LogP contribution in [-0.4, -0.2) is 31.4 Å². The molecule has 1 aromatic heterocycles. The van der Waals surface area contributed by atoms with Gasteiger partial charge in [0, 0.05) is 17.5 Å². The van der Waals surface area contributed by atoms with Crippen molar-refractivity contribution in [1.29, 1.82) is 0 Å². The fraction of sp³-hybridized carbons (Fsp3) is 0.185. The van der Waals surface area contributed by atoms with Gasteiger partial charge in [-0.1, -0.05) is 66.7 Å². The summed E-state index contributed by atoms with van der Waals surface area (Å²) in [6.45, 7) is 0.0231. The molecule has 5 rings (SSSR count). The van der Waals surface area contributed by atoms with E-state index in [1.165, 1.54) is 29.4 Å². The van der Waals surface area contributed by atoms with Crippen LogP contribution in [0.25, 0.3) is 10.9 Å². The molecule has 35 heavy (non-hydrogen) atoms. The molecule has 8 heteroatoms. The molecule has 0 amide bonds. The summed E-state index contributed by atoms with van der Waals surface area (Å²) in [7, 11) is -2.67. The van der Waals surface area contributed by atoms with Gasteiger partial charge in [-0.05, 0) is 35.7 Å². The highest BCUT2D eigenvalue weighted by Crippen LogP contribution is 2.62. The number of aromatic nitrogens is 1. The first-order chi connectivity index (χ1) is 16.9. The first-order valence-corrected chi connectivity index (χ1v) is 12.5. The number of hydrogen-bond acceptors (Lipinski definition) is 6. The zero-order valence-corrected chi connectivity index (χ0v) is 19.8. The third kappa shape index (κ3) is 3.80. The summed E-state index contributed by atoms with van der Waals surface area (Å²) in [5, 5.41) is 0.652. The molecule has 1 heterocycles. The normalized spacial score (nSPS) is 19.3. The van der Waals surface area contributed by atoms with E-state index in [1.54, 1.807) is 42.5 Å². The van der Waals surface area contributed by atoms with Crippen molar-refractivity contribution >= 4 is 32.9 Å². The highest BCUT2D eigenvalue weighted by molar-refractivity contribution is 7.90. The van der Waals surface area contributed by atoms with Crippen LogP contribution in [0.3, 0.4) is 0 Å². The third-order valence-electron chi connectivity index (χ3n) is 6.47. The average Bonchev–Trinajstić information content (AvgIpc) is 3.53. The number of nitrogens with zero attached hydrogens (tertiary/aromatic N) is 1. The van der Waals surface area contributed by atoms with Gasteiger partial charge in [0.1, 0.15) is 6.61 Å². The Morgan fingerprint density at radius 3 is 2.23 bits per heavy atom. The number of fused-ring (bicyclic) bond motifs is 1. The molecule has 3 aromatic carbocycles. The van der Waals surface area contributed by atoms with Crippen molar-refractivity contribution in [2.24, 2.45) is 5.41 Å². The van der Waals surface area contributed by atoms with Gasteiger partial charge in [-0.2, -0.15) is 0 Å². The lowest BCUT2D eigenvalue weighted by Crippen LogP contribution is -2.30. The van der Waals surface area contributed by atoms with Crippen molar-refractivity contribution in [3.05, 3.63) is 102 Å². The SMILES string of the molecule is COC(=O)[C@@]1(C(=O)OCc2ccccc2)C[C@@H]1c1cn(S(=O)(=O)c2ccccc2)c2ccccc12. The number of rotatable bonds is 7. The number of para-hydroxylation sites is 1. The quantitative estimate of drug-likeness (QED) is 0.284. The van der Waals surface area contributed by atoms with E-state index >= 15 is 0 Å². The van der Waals surface area contributed by atoms with Gasteiger partial charge in [-0.3, -0.25) is 9.59 Å². The van der Waals surface area contributed by atoms with Crippen LogP contribution >= 0.6 is 0 Å². The van der Waals surface area contributed by atoms with Crippen molar-refractivity contribution in [1.82, 2.24) is 3.97 Å². The maximum atomic E-state index is 13.4. The Kier molecular flexibility index (Phi) is 5.68. The summed E-state index contributed by atoms with van der Waals surface area (Å²) in [4.78, 5) is 26.2. The van der Waals surface area contributed by atoms with Gasteiger partial charge >= 0.3 is 11.9 Å². The van der Waals surface area contributed by atoms with E-state index in [9.17, 15) is 18.0 Å². The first-order valence-electron chi connectivity index (χ1n) is 11.1. The van der Waals surface area contributed by atoms with Gasteiger partial charge in [0.2, 0.25) is 0 Å². The topological polar surface area (TPSA) is 91.7 Å². The first kappa shape index (κ1) is 22.9. The van der Waals surface area contributed by atoms with Crippen molar-refractivity contribution in [3.8, 4) is 0 Å². The van der Waals surface area contributed by atoms with Crippen LogP contribution in [0.15, 0.2) is 96.0 Å². The monoisotopic (exact) mass is 489 g/mol. The molecule has 178 valence electrons. The van der Waals surface area contributed by atoms with Crippen LogP contribution in [0.5, 0.6) is 0 Å². The largest absolute Gasteiger partial charge is 0.468 e. The fourth-order valence-electron chi connectivity index (χ4n) is 4.56. The molecular weight excluding hydrogens is 466 g/mol. The smallest absolute Gasteiger partial charge is 0.324 e. The van der Waals surface area contributed by atoms with E-state index < -0.39 is 33.3 Å². The maximum absolute atomic E-state index is 13.4. The van der Waals surface area contributed by atoms with E-state index in [4.69, 9.17) is 9.47 Å². The van der Waals surface area contributed by atoms with Crippen LogP contribution in [0.2, 0.25) is 0 Å². The summed E-state index contributed by atoms with van der Waals surface area (Å²) in [6, 6.07) is 24.3. The van der Waals surface area contributed by atoms with Crippen LogP contribution in [0, 0.1) is 5.41 Å². The minimum Gasteiger partial charge on any atom is -0.468 e. The number of carbonyl (C=O) groups is 2. The molecule has 2 atom stereocenters. The number of hydrogen-bond donors (Lipinski definition) is 0. The molecule has 1 aliphatic carbocycles. The fourth-order valence-corrected chi connectivity index (χ4v) is 5.96. The zero-order valence-electron chi connectivity index (χ0n) is 19.0. The lowest BCUT2D eigenvalue weighted by Gasteiger charge is -2.14. The molecule has 1 fully saturated rings. The molecule has 1 aliphatic rings. The van der Waals surface area contributed by atoms with E-state index in [0.717, 1.165) is 5.56 Å². The van der Waals surface area contributed by atoms with Gasteiger partial charge in [0.25, 0.3) is 10.0 Å². The molecule has 0 radical (unpaired) electrons. The minimum absolute atomic E-state index is 0.0231. The third-order valence-corrected chi connectivity index (χ3v) is 8.16. The maximum Gasteiger partial charge on any atom is 0.324 e. The molecule has 4 aromatic rings. The summed E-state index contributed by atoms with van der Waals surface area (Å²) in [5.74, 6) is -1.94. The van der Waals surface area contributed by atoms with Crippen molar-refractivity contribution < 1.29 is 27.5 Å². The molecule has 1 saturated carbocycles. The van der Waals surface area contributed by atoms with Crippen LogP contribution in [-0.2, 0) is 35.7 Å². The highest BCUT2D eigenvalue weighted by atomic mass is 32.2. The molecule has 0 spiro atoms. The second kappa shape index (κ2) is 8.70. The lowest BCUT2D eigenvalue weighted by atomic mass is 9.98. The lowest BCUT2D eigenvalue weighted by molar-refractivity contribution is -0.164. The number of methoxy groups -OCH3 is 1. The van der Waals surface area contributed by atoms with Gasteiger partial charge < -0.3 is 9.47 Å². The summed E-state index contributed by atoms with van der Waals surface area (Å²) in [5.41, 5.74) is 0.329. The predicted octanol–water partition coefficient (Wildman–Crippen LogP) is 4.27. The summed E-state index contributed by atoms with van der Waals surface area (Å²) < 4.78 is 38.6. The average molecular weight is 490 g/mol. The molecule has 7 nitrogen and oxygen atoms in total.